The van der Waals surface area contributed by atoms with Gasteiger partial charge < -0.3 is 0 Å². The molecule has 0 saturated heterocycles. The highest BCUT2D eigenvalue weighted by Gasteiger charge is 2.19. The molecule has 0 aliphatic rings. The van der Waals surface area contributed by atoms with E-state index in [0.717, 1.165) is 17.4 Å². The molecule has 0 fully saturated rings. The number of nitro groups is 1. The van der Waals surface area contributed by atoms with Crippen molar-refractivity contribution in [3.05, 3.63) is 105 Å². The number of nitrogens with zero attached hydrogens (tertiary/aromatic N) is 3. The van der Waals surface area contributed by atoms with Crippen LogP contribution in [-0.2, 0) is 16.6 Å². The minimum absolute atomic E-state index is 0.110. The lowest BCUT2D eigenvalue weighted by Gasteiger charge is -2.23. The van der Waals surface area contributed by atoms with Crippen LogP contribution in [0.15, 0.2) is 71.8 Å². The topological polar surface area (TPSA) is 122 Å². The van der Waals surface area contributed by atoms with Crippen LogP contribution in [0.4, 0.5) is 11.4 Å². The maximum Gasteiger partial charge on any atom is 0.278 e. The zero-order chi connectivity index (χ0) is 24.9. The van der Waals surface area contributed by atoms with Crippen LogP contribution in [0.1, 0.15) is 32.6 Å². The van der Waals surface area contributed by atoms with Gasteiger partial charge in [0.25, 0.3) is 11.6 Å². The van der Waals surface area contributed by atoms with Gasteiger partial charge in [-0.25, -0.2) is 13.8 Å². The zero-order valence-electron chi connectivity index (χ0n) is 18.9. The van der Waals surface area contributed by atoms with Crippen molar-refractivity contribution in [2.75, 3.05) is 10.6 Å². The summed E-state index contributed by atoms with van der Waals surface area (Å²) in [6, 6.07) is 18.0. The summed E-state index contributed by atoms with van der Waals surface area (Å²) in [6.45, 7) is 3.99. The second-order valence-corrected chi connectivity index (χ2v) is 9.66. The van der Waals surface area contributed by atoms with Gasteiger partial charge in [0.15, 0.2) is 0 Å². The number of carbonyl (C=O) groups excluding carboxylic acids is 1. The number of para-hydroxylation sites is 1. The Morgan fingerprint density at radius 3 is 2.35 bits per heavy atom. The lowest BCUT2D eigenvalue weighted by molar-refractivity contribution is -0.385. The van der Waals surface area contributed by atoms with Crippen molar-refractivity contribution in [2.45, 2.75) is 20.4 Å². The molecular weight excluding hydrogens is 456 g/mol. The average molecular weight is 481 g/mol. The van der Waals surface area contributed by atoms with Crippen molar-refractivity contribution in [1.29, 1.82) is 0 Å². The molecule has 0 spiro atoms. The summed E-state index contributed by atoms with van der Waals surface area (Å²) in [7, 11) is -3.53. The first-order valence-electron chi connectivity index (χ1n) is 10.3. The molecule has 0 unspecified atom stereocenters. The summed E-state index contributed by atoms with van der Waals surface area (Å²) in [4.78, 5) is 22.9. The Labute approximate surface area is 197 Å². The molecule has 0 aliphatic carbocycles. The highest BCUT2D eigenvalue weighted by molar-refractivity contribution is 7.92. The molecule has 9 nitrogen and oxygen atoms in total. The van der Waals surface area contributed by atoms with Crippen LogP contribution in [0, 0.1) is 24.0 Å². The number of hydrogen-bond acceptors (Lipinski definition) is 6. The Kier molecular flexibility index (Phi) is 7.42. The Bertz CT molecular complexity index is 1350. The van der Waals surface area contributed by atoms with Crippen molar-refractivity contribution in [2.24, 2.45) is 5.10 Å². The number of rotatable bonds is 8. The van der Waals surface area contributed by atoms with Crippen molar-refractivity contribution in [3.8, 4) is 0 Å². The predicted molar refractivity (Wildman–Crippen MR) is 132 cm³/mol. The van der Waals surface area contributed by atoms with Crippen LogP contribution in [0.2, 0.25) is 0 Å². The molecular formula is C24H24N4O5S. The van der Waals surface area contributed by atoms with Gasteiger partial charge in [-0.1, -0.05) is 30.3 Å². The molecule has 176 valence electrons. The summed E-state index contributed by atoms with van der Waals surface area (Å²) < 4.78 is 26.1. The number of nitro benzene ring substituents is 1. The van der Waals surface area contributed by atoms with Crippen molar-refractivity contribution in [1.82, 2.24) is 5.43 Å². The molecule has 10 heteroatoms. The van der Waals surface area contributed by atoms with Gasteiger partial charge in [0.05, 0.1) is 35.2 Å². The molecule has 1 N–H and O–H groups in total. The van der Waals surface area contributed by atoms with Gasteiger partial charge in [-0.3, -0.25) is 19.2 Å². The van der Waals surface area contributed by atoms with Crippen LogP contribution < -0.4 is 9.73 Å². The summed E-state index contributed by atoms with van der Waals surface area (Å²) in [5.41, 5.74) is 6.10. The van der Waals surface area contributed by atoms with Crippen LogP contribution >= 0.6 is 0 Å². The fourth-order valence-corrected chi connectivity index (χ4v) is 4.08. The second kappa shape index (κ2) is 10.3. The zero-order valence-corrected chi connectivity index (χ0v) is 19.7. The van der Waals surface area contributed by atoms with Crippen LogP contribution in [0.25, 0.3) is 0 Å². The van der Waals surface area contributed by atoms with E-state index in [1.54, 1.807) is 42.5 Å². The van der Waals surface area contributed by atoms with Gasteiger partial charge in [0, 0.05) is 11.6 Å². The number of aryl methyl sites for hydroxylation is 2. The first-order chi connectivity index (χ1) is 16.1. The molecule has 1 amide bonds. The summed E-state index contributed by atoms with van der Waals surface area (Å²) in [5.74, 6) is -0.504. The first kappa shape index (κ1) is 24.6. The molecule has 0 atom stereocenters. The van der Waals surface area contributed by atoms with Crippen molar-refractivity contribution < 1.29 is 18.1 Å². The average Bonchev–Trinajstić information content (AvgIpc) is 2.79. The van der Waals surface area contributed by atoms with Gasteiger partial charge in [-0.2, -0.15) is 5.10 Å². The number of benzene rings is 3. The summed E-state index contributed by atoms with van der Waals surface area (Å²) >= 11 is 0. The normalized spacial score (nSPS) is 11.4. The molecule has 3 aromatic rings. The van der Waals surface area contributed by atoms with Crippen LogP contribution in [0.3, 0.4) is 0 Å². The third-order valence-electron chi connectivity index (χ3n) is 5.22. The molecule has 0 heterocycles. The molecule has 0 aromatic heterocycles. The van der Waals surface area contributed by atoms with Gasteiger partial charge in [0.2, 0.25) is 10.0 Å². The molecule has 0 saturated carbocycles. The fourth-order valence-electron chi connectivity index (χ4n) is 3.20. The summed E-state index contributed by atoms with van der Waals surface area (Å²) in [6.07, 6.45) is 2.36. The molecule has 0 bridgehead atoms. The number of anilines is 1. The van der Waals surface area contributed by atoms with Gasteiger partial charge >= 0.3 is 0 Å². The SMILES string of the molecule is Cc1ccc(N(Cc2ccc(C(=O)N/N=C/c3ccccc3[N+](=O)[O-])cc2)S(C)(=O)=O)cc1C. The standard InChI is InChI=1S/C24H24N4O5S/c1-17-8-13-22(14-18(17)2)27(34(3,32)33)16-19-9-11-20(12-10-19)24(29)26-25-15-21-6-4-5-7-23(21)28(30)31/h4-15H,16H2,1-3H3,(H,26,29)/b25-15+. The number of carbonyl (C=O) groups is 1. The smallest absolute Gasteiger partial charge is 0.267 e. The number of hydrogen-bond donors (Lipinski definition) is 1. The van der Waals surface area contributed by atoms with Crippen LogP contribution in [-0.4, -0.2) is 31.7 Å². The second-order valence-electron chi connectivity index (χ2n) is 7.75. The largest absolute Gasteiger partial charge is 0.278 e. The number of hydrazone groups is 1. The van der Waals surface area contributed by atoms with E-state index in [-0.39, 0.29) is 17.8 Å². The monoisotopic (exact) mass is 480 g/mol. The quantitative estimate of drug-likeness (QED) is 0.297. The highest BCUT2D eigenvalue weighted by Crippen LogP contribution is 2.23. The van der Waals surface area contributed by atoms with E-state index >= 15 is 0 Å². The van der Waals surface area contributed by atoms with E-state index in [9.17, 15) is 23.3 Å². The minimum atomic E-state index is -3.53. The molecule has 3 aromatic carbocycles. The minimum Gasteiger partial charge on any atom is -0.267 e. The lowest BCUT2D eigenvalue weighted by atomic mass is 10.1. The molecule has 34 heavy (non-hydrogen) atoms. The van der Waals surface area contributed by atoms with Crippen molar-refractivity contribution in [3.63, 3.8) is 0 Å². The summed E-state index contributed by atoms with van der Waals surface area (Å²) in [5, 5.41) is 14.9. The van der Waals surface area contributed by atoms with Gasteiger partial charge in [-0.05, 0) is 60.9 Å². The van der Waals surface area contributed by atoms with Gasteiger partial charge in [-0.15, -0.1) is 0 Å². The van der Waals surface area contributed by atoms with E-state index in [2.05, 4.69) is 10.5 Å². The molecule has 0 radical (unpaired) electrons. The van der Waals surface area contributed by atoms with E-state index in [4.69, 9.17) is 0 Å². The Morgan fingerprint density at radius 2 is 1.74 bits per heavy atom. The van der Waals surface area contributed by atoms with Crippen molar-refractivity contribution >= 4 is 33.5 Å². The predicted octanol–water partition coefficient (Wildman–Crippen LogP) is 3.94. The lowest BCUT2D eigenvalue weighted by Crippen LogP contribution is -2.29. The Hall–Kier alpha value is -4.05. The van der Waals surface area contributed by atoms with E-state index < -0.39 is 20.9 Å². The molecule has 0 aliphatic heterocycles. The van der Waals surface area contributed by atoms with Crippen LogP contribution in [0.5, 0.6) is 0 Å². The maximum atomic E-state index is 12.4. The fraction of sp³-hybridized carbons (Fsp3) is 0.167. The molecule has 3 rings (SSSR count). The van der Waals surface area contributed by atoms with E-state index in [0.29, 0.717) is 16.8 Å². The maximum absolute atomic E-state index is 12.4. The van der Waals surface area contributed by atoms with E-state index in [1.807, 2.05) is 26.0 Å². The Morgan fingerprint density at radius 1 is 1.06 bits per heavy atom. The number of nitrogens with one attached hydrogen (secondary N) is 1. The van der Waals surface area contributed by atoms with E-state index in [1.165, 1.54) is 22.7 Å². The van der Waals surface area contributed by atoms with Gasteiger partial charge in [0.1, 0.15) is 0 Å². The highest BCUT2D eigenvalue weighted by atomic mass is 32.2. The number of amides is 1. The third kappa shape index (κ3) is 6.04. The Balaban J connectivity index is 1.72. The first-order valence-corrected chi connectivity index (χ1v) is 12.1. The third-order valence-corrected chi connectivity index (χ3v) is 6.36. The number of sulfonamides is 1.